The maximum absolute atomic E-state index is 12.5. The number of hydrogen-bond donors (Lipinski definition) is 1. The number of rotatable bonds is 3. The summed E-state index contributed by atoms with van der Waals surface area (Å²) in [7, 11) is 1.83. The average molecular weight is 279 g/mol. The predicted octanol–water partition coefficient (Wildman–Crippen LogP) is 2.44. The highest BCUT2D eigenvalue weighted by Crippen LogP contribution is 2.20. The van der Waals surface area contributed by atoms with E-state index in [1.165, 1.54) is 0 Å². The summed E-state index contributed by atoms with van der Waals surface area (Å²) in [6, 6.07) is 3.77. The third-order valence-electron chi connectivity index (χ3n) is 3.24. The van der Waals surface area contributed by atoms with Gasteiger partial charge in [0.15, 0.2) is 0 Å². The van der Waals surface area contributed by atoms with Crippen molar-refractivity contribution < 1.29 is 4.79 Å². The Balaban J connectivity index is 2.26. The molecular weight excluding hydrogens is 258 g/mol. The van der Waals surface area contributed by atoms with Crippen LogP contribution in [0.25, 0.3) is 0 Å². The minimum absolute atomic E-state index is 0.126. The lowest BCUT2D eigenvalue weighted by molar-refractivity contribution is 0.0772. The van der Waals surface area contributed by atoms with E-state index in [0.29, 0.717) is 5.92 Å². The van der Waals surface area contributed by atoms with E-state index in [1.54, 1.807) is 0 Å². The molecule has 0 aromatic carbocycles. The van der Waals surface area contributed by atoms with E-state index in [9.17, 15) is 4.79 Å². The molecule has 104 valence electrons. The number of nitrogens with one attached hydrogen (secondary N) is 1. The number of amides is 1. The van der Waals surface area contributed by atoms with Crippen molar-refractivity contribution in [2.24, 2.45) is 0 Å². The highest BCUT2D eigenvalue weighted by atomic mass is 32.2. The van der Waals surface area contributed by atoms with Gasteiger partial charge in [-0.2, -0.15) is 11.8 Å². The lowest BCUT2D eigenvalue weighted by Crippen LogP contribution is -2.38. The maximum atomic E-state index is 12.5. The van der Waals surface area contributed by atoms with Crippen LogP contribution in [0.2, 0.25) is 0 Å². The number of thioether (sulfide) groups is 1. The molecule has 1 aliphatic heterocycles. The van der Waals surface area contributed by atoms with Gasteiger partial charge in [0.25, 0.3) is 5.91 Å². The lowest BCUT2D eigenvalue weighted by atomic mass is 10.1. The zero-order valence-corrected chi connectivity index (χ0v) is 12.6. The zero-order valence-electron chi connectivity index (χ0n) is 11.8. The molecule has 1 aromatic heterocycles. The van der Waals surface area contributed by atoms with Crippen LogP contribution in [-0.4, -0.2) is 47.4 Å². The predicted molar refractivity (Wildman–Crippen MR) is 81.1 cm³/mol. The molecule has 0 aliphatic carbocycles. The Hall–Kier alpha value is -1.23. The van der Waals surface area contributed by atoms with Crippen LogP contribution in [0.3, 0.4) is 0 Å². The Morgan fingerprint density at radius 3 is 2.63 bits per heavy atom. The van der Waals surface area contributed by atoms with E-state index < -0.39 is 0 Å². The van der Waals surface area contributed by atoms with Gasteiger partial charge in [-0.15, -0.1) is 0 Å². The van der Waals surface area contributed by atoms with Crippen LogP contribution < -0.4 is 5.32 Å². The van der Waals surface area contributed by atoms with Gasteiger partial charge in [-0.05, 0) is 18.1 Å². The van der Waals surface area contributed by atoms with Gasteiger partial charge < -0.3 is 10.2 Å². The Labute approximate surface area is 119 Å². The summed E-state index contributed by atoms with van der Waals surface area (Å²) in [6.45, 7) is 5.87. The van der Waals surface area contributed by atoms with Gasteiger partial charge in [-0.25, -0.2) is 4.98 Å². The molecule has 1 aliphatic rings. The fourth-order valence-electron chi connectivity index (χ4n) is 2.05. The number of anilines is 1. The Bertz CT molecular complexity index is 456. The van der Waals surface area contributed by atoms with Gasteiger partial charge in [0.2, 0.25) is 0 Å². The van der Waals surface area contributed by atoms with Gasteiger partial charge in [0.1, 0.15) is 5.82 Å². The average Bonchev–Trinajstić information content (AvgIpc) is 2.46. The minimum Gasteiger partial charge on any atom is -0.373 e. The summed E-state index contributed by atoms with van der Waals surface area (Å²) in [5.74, 6) is 3.28. The summed E-state index contributed by atoms with van der Waals surface area (Å²) in [5.41, 5.74) is 1.71. The molecule has 1 amide bonds. The molecule has 1 N–H and O–H groups in total. The first-order valence-electron chi connectivity index (χ1n) is 6.68. The second-order valence-electron chi connectivity index (χ2n) is 4.98. The van der Waals surface area contributed by atoms with E-state index >= 15 is 0 Å². The molecule has 1 aromatic rings. The van der Waals surface area contributed by atoms with Crippen LogP contribution in [0.4, 0.5) is 5.82 Å². The monoisotopic (exact) mass is 279 g/mol. The zero-order chi connectivity index (χ0) is 13.8. The Morgan fingerprint density at radius 1 is 1.37 bits per heavy atom. The van der Waals surface area contributed by atoms with Crippen LogP contribution in [0.5, 0.6) is 0 Å². The van der Waals surface area contributed by atoms with Crippen molar-refractivity contribution in [2.45, 2.75) is 19.8 Å². The molecular formula is C14H21N3OS. The molecule has 2 rings (SSSR count). The van der Waals surface area contributed by atoms with Crippen molar-refractivity contribution in [2.75, 3.05) is 37.0 Å². The number of aromatic nitrogens is 1. The molecule has 0 saturated carbocycles. The molecule has 0 unspecified atom stereocenters. The van der Waals surface area contributed by atoms with Crippen LogP contribution in [0, 0.1) is 0 Å². The third-order valence-corrected chi connectivity index (χ3v) is 4.18. The maximum Gasteiger partial charge on any atom is 0.254 e. The van der Waals surface area contributed by atoms with E-state index in [2.05, 4.69) is 24.1 Å². The second-order valence-corrected chi connectivity index (χ2v) is 6.20. The number of carbonyl (C=O) groups excluding carboxylic acids is 1. The van der Waals surface area contributed by atoms with Crippen molar-refractivity contribution in [1.82, 2.24) is 9.88 Å². The first-order chi connectivity index (χ1) is 9.11. The Morgan fingerprint density at radius 2 is 2.05 bits per heavy atom. The van der Waals surface area contributed by atoms with Crippen molar-refractivity contribution in [3.05, 3.63) is 23.4 Å². The SMILES string of the molecule is CNc1cc(C(=O)N2CCSCC2)cc(C(C)C)n1. The molecule has 1 fully saturated rings. The summed E-state index contributed by atoms with van der Waals surface area (Å²) in [4.78, 5) is 18.9. The van der Waals surface area contributed by atoms with Crippen molar-refractivity contribution >= 4 is 23.5 Å². The fourth-order valence-corrected chi connectivity index (χ4v) is 2.95. The number of nitrogens with zero attached hydrogens (tertiary/aromatic N) is 2. The van der Waals surface area contributed by atoms with Crippen LogP contribution in [0.1, 0.15) is 35.8 Å². The normalized spacial score (nSPS) is 15.7. The molecule has 0 bridgehead atoms. The molecule has 0 radical (unpaired) electrons. The number of carbonyl (C=O) groups is 1. The highest BCUT2D eigenvalue weighted by Gasteiger charge is 2.20. The smallest absolute Gasteiger partial charge is 0.254 e. The summed E-state index contributed by atoms with van der Waals surface area (Å²) in [5, 5.41) is 3.03. The number of pyridine rings is 1. The van der Waals surface area contributed by atoms with E-state index in [-0.39, 0.29) is 5.91 Å². The lowest BCUT2D eigenvalue weighted by Gasteiger charge is -2.26. The molecule has 0 atom stereocenters. The van der Waals surface area contributed by atoms with Gasteiger partial charge in [-0.3, -0.25) is 4.79 Å². The van der Waals surface area contributed by atoms with Gasteiger partial charge in [0.05, 0.1) is 0 Å². The first-order valence-corrected chi connectivity index (χ1v) is 7.84. The first kappa shape index (κ1) is 14.2. The quantitative estimate of drug-likeness (QED) is 0.923. The topological polar surface area (TPSA) is 45.2 Å². The van der Waals surface area contributed by atoms with Crippen molar-refractivity contribution in [3.63, 3.8) is 0 Å². The fraction of sp³-hybridized carbons (Fsp3) is 0.571. The van der Waals surface area contributed by atoms with Crippen LogP contribution in [-0.2, 0) is 0 Å². The standard InChI is InChI=1S/C14H21N3OS/c1-10(2)12-8-11(9-13(15-3)16-12)14(18)17-4-6-19-7-5-17/h8-10H,4-7H2,1-3H3,(H,15,16). The van der Waals surface area contributed by atoms with Crippen molar-refractivity contribution in [3.8, 4) is 0 Å². The second kappa shape index (κ2) is 6.28. The minimum atomic E-state index is 0.126. The van der Waals surface area contributed by atoms with E-state index in [1.807, 2.05) is 35.8 Å². The summed E-state index contributed by atoms with van der Waals surface area (Å²) in [6.07, 6.45) is 0. The molecule has 4 nitrogen and oxygen atoms in total. The van der Waals surface area contributed by atoms with Gasteiger partial charge >= 0.3 is 0 Å². The van der Waals surface area contributed by atoms with Crippen LogP contribution in [0.15, 0.2) is 12.1 Å². The highest BCUT2D eigenvalue weighted by molar-refractivity contribution is 7.99. The van der Waals surface area contributed by atoms with Crippen LogP contribution >= 0.6 is 11.8 Å². The molecule has 1 saturated heterocycles. The van der Waals surface area contributed by atoms with E-state index in [0.717, 1.165) is 41.7 Å². The molecule has 0 spiro atoms. The summed E-state index contributed by atoms with van der Waals surface area (Å²) < 4.78 is 0. The van der Waals surface area contributed by atoms with Gasteiger partial charge in [0, 0.05) is 42.9 Å². The van der Waals surface area contributed by atoms with Crippen molar-refractivity contribution in [1.29, 1.82) is 0 Å². The van der Waals surface area contributed by atoms with E-state index in [4.69, 9.17) is 0 Å². The van der Waals surface area contributed by atoms with Gasteiger partial charge in [-0.1, -0.05) is 13.8 Å². The Kier molecular flexibility index (Phi) is 4.69. The largest absolute Gasteiger partial charge is 0.373 e. The molecule has 5 heteroatoms. The summed E-state index contributed by atoms with van der Waals surface area (Å²) >= 11 is 1.91. The molecule has 19 heavy (non-hydrogen) atoms. The third kappa shape index (κ3) is 3.41. The molecule has 2 heterocycles. The number of hydrogen-bond acceptors (Lipinski definition) is 4.